The first-order valence-corrected chi connectivity index (χ1v) is 11.1. The fraction of sp³-hybridized carbons (Fsp3) is 0.250. The zero-order chi connectivity index (χ0) is 22.1. The highest BCUT2D eigenvalue weighted by atomic mass is 35.5. The van der Waals surface area contributed by atoms with Gasteiger partial charge in [0.05, 0.1) is 11.4 Å². The molecule has 1 aliphatic carbocycles. The molecule has 0 bridgehead atoms. The van der Waals surface area contributed by atoms with E-state index in [4.69, 9.17) is 16.7 Å². The molecule has 8 heteroatoms. The molecule has 0 unspecified atom stereocenters. The molecule has 7 nitrogen and oxygen atoms in total. The van der Waals surface area contributed by atoms with Crippen LogP contribution in [0.4, 0.5) is 5.82 Å². The number of pyridine rings is 1. The molecule has 0 fully saturated rings. The van der Waals surface area contributed by atoms with Gasteiger partial charge in [0.1, 0.15) is 0 Å². The van der Waals surface area contributed by atoms with Crippen LogP contribution in [0.2, 0.25) is 5.02 Å². The SMILES string of the molecule is Cc1c(NC(=O)c2nn(-c3ccc(Cl)cc3)c3c2CCCCC3)n[nH]c1-c1ccncc1. The molecular weight excluding hydrogens is 424 g/mol. The quantitative estimate of drug-likeness (QED) is 0.425. The maximum atomic E-state index is 13.3. The van der Waals surface area contributed by atoms with Gasteiger partial charge in [-0.1, -0.05) is 18.0 Å². The molecule has 0 saturated heterocycles. The first kappa shape index (κ1) is 20.5. The van der Waals surface area contributed by atoms with E-state index in [0.717, 1.165) is 65.9 Å². The molecular formula is C24H23ClN6O. The highest BCUT2D eigenvalue weighted by Gasteiger charge is 2.26. The lowest BCUT2D eigenvalue weighted by Gasteiger charge is -2.07. The molecule has 1 aromatic carbocycles. The third-order valence-corrected chi connectivity index (χ3v) is 6.18. The van der Waals surface area contributed by atoms with E-state index in [-0.39, 0.29) is 5.91 Å². The van der Waals surface area contributed by atoms with E-state index >= 15 is 0 Å². The molecule has 162 valence electrons. The number of benzene rings is 1. The van der Waals surface area contributed by atoms with Crippen molar-refractivity contribution in [3.8, 4) is 16.9 Å². The Labute approximate surface area is 190 Å². The molecule has 0 spiro atoms. The van der Waals surface area contributed by atoms with Crippen LogP contribution in [0.1, 0.15) is 46.6 Å². The van der Waals surface area contributed by atoms with Gasteiger partial charge in [-0.3, -0.25) is 14.9 Å². The Morgan fingerprint density at radius 3 is 2.59 bits per heavy atom. The van der Waals surface area contributed by atoms with Crippen molar-refractivity contribution in [3.05, 3.63) is 76.3 Å². The second kappa shape index (κ2) is 8.59. The number of rotatable bonds is 4. The number of amides is 1. The van der Waals surface area contributed by atoms with Crippen LogP contribution in [0, 0.1) is 6.92 Å². The average Bonchev–Trinajstić information content (AvgIpc) is 3.25. The van der Waals surface area contributed by atoms with E-state index in [2.05, 4.69) is 20.5 Å². The number of hydrogen-bond acceptors (Lipinski definition) is 4. The summed E-state index contributed by atoms with van der Waals surface area (Å²) in [5.41, 5.74) is 6.18. The summed E-state index contributed by atoms with van der Waals surface area (Å²) in [6.07, 6.45) is 8.47. The second-order valence-corrected chi connectivity index (χ2v) is 8.42. The highest BCUT2D eigenvalue weighted by Crippen LogP contribution is 2.29. The first-order chi connectivity index (χ1) is 15.6. The summed E-state index contributed by atoms with van der Waals surface area (Å²) in [4.78, 5) is 17.4. The number of fused-ring (bicyclic) bond motifs is 1. The van der Waals surface area contributed by atoms with Gasteiger partial charge in [0.2, 0.25) is 0 Å². The predicted octanol–water partition coefficient (Wildman–Crippen LogP) is 5.14. The number of carbonyl (C=O) groups is 1. The van der Waals surface area contributed by atoms with Crippen molar-refractivity contribution < 1.29 is 4.79 Å². The van der Waals surface area contributed by atoms with E-state index in [1.165, 1.54) is 0 Å². The Morgan fingerprint density at radius 1 is 1.06 bits per heavy atom. The van der Waals surface area contributed by atoms with Gasteiger partial charge < -0.3 is 5.32 Å². The van der Waals surface area contributed by atoms with Gasteiger partial charge in [-0.05, 0) is 69.0 Å². The molecule has 4 aromatic rings. The molecule has 5 rings (SSSR count). The van der Waals surface area contributed by atoms with Crippen molar-refractivity contribution in [2.24, 2.45) is 0 Å². The van der Waals surface area contributed by atoms with Crippen LogP contribution < -0.4 is 5.32 Å². The lowest BCUT2D eigenvalue weighted by atomic mass is 10.1. The number of carbonyl (C=O) groups excluding carboxylic acids is 1. The minimum atomic E-state index is -0.244. The number of nitrogens with one attached hydrogen (secondary N) is 2. The van der Waals surface area contributed by atoms with Crippen LogP contribution in [0.25, 0.3) is 16.9 Å². The first-order valence-electron chi connectivity index (χ1n) is 10.8. The fourth-order valence-electron chi connectivity index (χ4n) is 4.24. The molecule has 3 aromatic heterocycles. The number of anilines is 1. The van der Waals surface area contributed by atoms with E-state index in [1.807, 2.05) is 48.0 Å². The number of nitrogens with zero attached hydrogens (tertiary/aromatic N) is 4. The summed E-state index contributed by atoms with van der Waals surface area (Å²) >= 11 is 6.07. The van der Waals surface area contributed by atoms with Gasteiger partial charge in [0.15, 0.2) is 11.5 Å². The van der Waals surface area contributed by atoms with Crippen molar-refractivity contribution >= 4 is 23.3 Å². The van der Waals surface area contributed by atoms with Crippen LogP contribution in [-0.4, -0.2) is 30.9 Å². The molecule has 32 heavy (non-hydrogen) atoms. The number of hydrogen-bond donors (Lipinski definition) is 2. The van der Waals surface area contributed by atoms with Crippen LogP contribution >= 0.6 is 11.6 Å². The molecule has 0 radical (unpaired) electrons. The molecule has 0 saturated carbocycles. The van der Waals surface area contributed by atoms with Crippen molar-refractivity contribution in [1.82, 2.24) is 25.0 Å². The van der Waals surface area contributed by atoms with E-state index in [1.54, 1.807) is 12.4 Å². The predicted molar refractivity (Wildman–Crippen MR) is 124 cm³/mol. The van der Waals surface area contributed by atoms with Crippen molar-refractivity contribution in [2.75, 3.05) is 5.32 Å². The van der Waals surface area contributed by atoms with Crippen LogP contribution in [0.3, 0.4) is 0 Å². The number of H-pyrrole nitrogens is 1. The largest absolute Gasteiger partial charge is 0.303 e. The summed E-state index contributed by atoms with van der Waals surface area (Å²) in [6, 6.07) is 11.4. The molecule has 0 aliphatic heterocycles. The standard InChI is InChI=1S/C24H23ClN6O/c1-15-21(16-11-13-26-14-12-16)28-29-23(15)27-24(32)22-19-5-3-2-4-6-20(19)31(30-22)18-9-7-17(25)8-10-18/h7-14H,2-6H2,1H3,(H2,27,28,29,32). The maximum Gasteiger partial charge on any atom is 0.277 e. The summed E-state index contributed by atoms with van der Waals surface area (Å²) < 4.78 is 1.89. The van der Waals surface area contributed by atoms with Gasteiger partial charge in [0.25, 0.3) is 5.91 Å². The Hall–Kier alpha value is -3.45. The molecule has 0 atom stereocenters. The zero-order valence-corrected chi connectivity index (χ0v) is 18.5. The minimum Gasteiger partial charge on any atom is -0.303 e. The third-order valence-electron chi connectivity index (χ3n) is 5.93. The lowest BCUT2D eigenvalue weighted by molar-refractivity contribution is 0.102. The van der Waals surface area contributed by atoms with Gasteiger partial charge in [-0.15, -0.1) is 0 Å². The Kier molecular flexibility index (Phi) is 5.49. The zero-order valence-electron chi connectivity index (χ0n) is 17.7. The summed E-state index contributed by atoms with van der Waals surface area (Å²) in [5.74, 6) is 0.261. The van der Waals surface area contributed by atoms with E-state index < -0.39 is 0 Å². The Balaban J connectivity index is 1.49. The average molecular weight is 447 g/mol. The van der Waals surface area contributed by atoms with Crippen LogP contribution in [-0.2, 0) is 12.8 Å². The summed E-state index contributed by atoms with van der Waals surface area (Å²) in [5, 5.41) is 15.7. The second-order valence-electron chi connectivity index (χ2n) is 7.98. The van der Waals surface area contributed by atoms with Gasteiger partial charge >= 0.3 is 0 Å². The third kappa shape index (κ3) is 3.80. The summed E-state index contributed by atoms with van der Waals surface area (Å²) in [6.45, 7) is 1.93. The molecule has 2 N–H and O–H groups in total. The Morgan fingerprint density at radius 2 is 1.81 bits per heavy atom. The minimum absolute atomic E-state index is 0.244. The summed E-state index contributed by atoms with van der Waals surface area (Å²) in [7, 11) is 0. The maximum absolute atomic E-state index is 13.3. The van der Waals surface area contributed by atoms with Crippen molar-refractivity contribution in [1.29, 1.82) is 0 Å². The number of halogens is 1. The highest BCUT2D eigenvalue weighted by molar-refractivity contribution is 6.30. The number of aromatic nitrogens is 5. The van der Waals surface area contributed by atoms with Gasteiger partial charge in [-0.2, -0.15) is 10.2 Å². The van der Waals surface area contributed by atoms with E-state index in [0.29, 0.717) is 16.5 Å². The molecule has 1 amide bonds. The molecule has 1 aliphatic rings. The topological polar surface area (TPSA) is 88.5 Å². The van der Waals surface area contributed by atoms with Crippen molar-refractivity contribution in [3.63, 3.8) is 0 Å². The van der Waals surface area contributed by atoms with Crippen LogP contribution in [0.5, 0.6) is 0 Å². The lowest BCUT2D eigenvalue weighted by Crippen LogP contribution is -2.16. The van der Waals surface area contributed by atoms with Crippen molar-refractivity contribution in [2.45, 2.75) is 39.0 Å². The van der Waals surface area contributed by atoms with Gasteiger partial charge in [0, 0.05) is 39.8 Å². The smallest absolute Gasteiger partial charge is 0.277 e. The molecule has 3 heterocycles. The van der Waals surface area contributed by atoms with Crippen LogP contribution in [0.15, 0.2) is 48.8 Å². The normalized spacial score (nSPS) is 13.4. The van der Waals surface area contributed by atoms with Gasteiger partial charge in [-0.25, -0.2) is 4.68 Å². The van der Waals surface area contributed by atoms with E-state index in [9.17, 15) is 4.79 Å². The fourth-order valence-corrected chi connectivity index (χ4v) is 4.37. The Bertz CT molecular complexity index is 1260. The monoisotopic (exact) mass is 446 g/mol. The number of aromatic amines is 1.